The molecule has 1 aromatic heterocycles. The fourth-order valence-corrected chi connectivity index (χ4v) is 6.04. The number of aromatic nitrogens is 1. The third-order valence-electron chi connectivity index (χ3n) is 8.17. The van der Waals surface area contributed by atoms with Gasteiger partial charge in [0.1, 0.15) is 12.1 Å². The number of imide groups is 1. The Morgan fingerprint density at radius 1 is 1.00 bits per heavy atom. The van der Waals surface area contributed by atoms with E-state index in [1.807, 2.05) is 18.2 Å². The van der Waals surface area contributed by atoms with Crippen molar-refractivity contribution in [2.75, 3.05) is 11.4 Å². The predicted octanol–water partition coefficient (Wildman–Crippen LogP) is 6.30. The Labute approximate surface area is 234 Å². The molecule has 3 aromatic carbocycles. The van der Waals surface area contributed by atoms with Crippen LogP contribution in [0.15, 0.2) is 72.8 Å². The van der Waals surface area contributed by atoms with Crippen molar-refractivity contribution >= 4 is 34.4 Å². The van der Waals surface area contributed by atoms with E-state index >= 15 is 0 Å². The van der Waals surface area contributed by atoms with Gasteiger partial charge in [-0.15, -0.1) is 0 Å². The minimum atomic E-state index is -0.676. The topological polar surface area (TPSA) is 85.5 Å². The summed E-state index contributed by atoms with van der Waals surface area (Å²) in [5, 5.41) is 3.99. The Morgan fingerprint density at radius 3 is 2.48 bits per heavy atom. The lowest BCUT2D eigenvalue weighted by Crippen LogP contribution is -2.44. The number of H-pyrrole nitrogens is 1. The van der Waals surface area contributed by atoms with E-state index in [-0.39, 0.29) is 11.8 Å². The van der Waals surface area contributed by atoms with Crippen LogP contribution in [-0.4, -0.2) is 40.3 Å². The lowest BCUT2D eigenvalue weighted by atomic mass is 9.88. The summed E-state index contributed by atoms with van der Waals surface area (Å²) in [4.78, 5) is 47.9. The average Bonchev–Trinajstić information content (AvgIpc) is 3.46. The van der Waals surface area contributed by atoms with Gasteiger partial charge in [0.2, 0.25) is 0 Å². The summed E-state index contributed by atoms with van der Waals surface area (Å²) < 4.78 is 0. The number of anilines is 1. The first kappa shape index (κ1) is 25.9. The Balaban J connectivity index is 1.45. The molecule has 0 radical (unpaired) electrons. The van der Waals surface area contributed by atoms with Crippen LogP contribution in [0.25, 0.3) is 10.9 Å². The quantitative estimate of drug-likeness (QED) is 0.215. The molecule has 0 unspecified atom stereocenters. The maximum Gasteiger partial charge on any atom is 0.332 e. The van der Waals surface area contributed by atoms with Crippen molar-refractivity contribution in [1.82, 2.24) is 15.2 Å². The van der Waals surface area contributed by atoms with Crippen LogP contribution >= 0.6 is 0 Å². The van der Waals surface area contributed by atoms with Gasteiger partial charge in [-0.2, -0.15) is 0 Å². The standard InChI is InChI=1S/C33H34N4O3/c1-4-5-18-34-31(38)24-11-7-9-13-27(24)37-32(39)28-19-25-23-10-6-8-12-26(23)35-29(25)30(36(28)33(37)40)22-16-14-21(15-17-22)20(2)3/h6-17,20,28,30,35H,4-5,18-19H2,1-3H3,(H,34,38)/t28-,30-/m0/s1. The summed E-state index contributed by atoms with van der Waals surface area (Å²) in [6.45, 7) is 6.90. The van der Waals surface area contributed by atoms with Crippen LogP contribution < -0.4 is 10.2 Å². The molecule has 7 nitrogen and oxygen atoms in total. The number of nitrogens with one attached hydrogen (secondary N) is 2. The Kier molecular flexibility index (Phi) is 6.66. The zero-order chi connectivity index (χ0) is 28.0. The zero-order valence-electron chi connectivity index (χ0n) is 23.1. The largest absolute Gasteiger partial charge is 0.356 e. The molecular formula is C33H34N4O3. The maximum atomic E-state index is 14.3. The molecule has 3 heterocycles. The first-order chi connectivity index (χ1) is 19.4. The second-order valence-electron chi connectivity index (χ2n) is 11.0. The van der Waals surface area contributed by atoms with E-state index in [9.17, 15) is 14.4 Å². The summed E-state index contributed by atoms with van der Waals surface area (Å²) in [7, 11) is 0. The molecule has 0 bridgehead atoms. The lowest BCUT2D eigenvalue weighted by molar-refractivity contribution is -0.120. The number of para-hydroxylation sites is 2. The molecule has 2 aliphatic rings. The van der Waals surface area contributed by atoms with Crippen molar-refractivity contribution in [1.29, 1.82) is 0 Å². The highest BCUT2D eigenvalue weighted by Crippen LogP contribution is 2.45. The van der Waals surface area contributed by atoms with Crippen molar-refractivity contribution in [3.63, 3.8) is 0 Å². The molecule has 7 heteroatoms. The first-order valence-corrected chi connectivity index (χ1v) is 14.1. The Morgan fingerprint density at radius 2 is 1.73 bits per heavy atom. The number of benzene rings is 3. The number of amides is 4. The summed E-state index contributed by atoms with van der Waals surface area (Å²) in [5.74, 6) is -0.215. The fraction of sp³-hybridized carbons (Fsp3) is 0.303. The van der Waals surface area contributed by atoms with Crippen LogP contribution in [0.5, 0.6) is 0 Å². The van der Waals surface area contributed by atoms with Crippen molar-refractivity contribution < 1.29 is 14.4 Å². The fourth-order valence-electron chi connectivity index (χ4n) is 6.04. The van der Waals surface area contributed by atoms with E-state index in [1.165, 1.54) is 10.5 Å². The van der Waals surface area contributed by atoms with E-state index in [2.05, 4.69) is 61.4 Å². The van der Waals surface area contributed by atoms with Gasteiger partial charge in [-0.05, 0) is 47.2 Å². The molecule has 4 amide bonds. The zero-order valence-corrected chi connectivity index (χ0v) is 23.1. The molecule has 2 atom stereocenters. The minimum absolute atomic E-state index is 0.286. The molecule has 2 N–H and O–H groups in total. The second kappa shape index (κ2) is 10.3. The highest BCUT2D eigenvalue weighted by Gasteiger charge is 2.53. The van der Waals surface area contributed by atoms with E-state index in [4.69, 9.17) is 0 Å². The van der Waals surface area contributed by atoms with Gasteiger partial charge in [0, 0.05) is 29.6 Å². The highest BCUT2D eigenvalue weighted by molar-refractivity contribution is 6.24. The first-order valence-electron chi connectivity index (χ1n) is 14.1. The van der Waals surface area contributed by atoms with Gasteiger partial charge in [-0.3, -0.25) is 14.5 Å². The Bertz CT molecular complexity index is 1600. The van der Waals surface area contributed by atoms with Gasteiger partial charge in [0.15, 0.2) is 0 Å². The van der Waals surface area contributed by atoms with Crippen LogP contribution in [0.4, 0.5) is 10.5 Å². The summed E-state index contributed by atoms with van der Waals surface area (Å²) in [6.07, 6.45) is 2.22. The number of urea groups is 1. The van der Waals surface area contributed by atoms with E-state index in [0.29, 0.717) is 30.1 Å². The molecule has 0 aliphatic carbocycles. The van der Waals surface area contributed by atoms with Crippen LogP contribution in [0.1, 0.15) is 78.3 Å². The lowest BCUT2D eigenvalue weighted by Gasteiger charge is -2.36. The molecule has 4 aromatic rings. The summed E-state index contributed by atoms with van der Waals surface area (Å²) in [5.41, 5.74) is 5.78. The smallest absolute Gasteiger partial charge is 0.332 e. The molecule has 0 saturated carbocycles. The molecule has 204 valence electrons. The SMILES string of the molecule is CCCCNC(=O)c1ccccc1N1C(=O)[C@@H]2Cc3c([nH]c4ccccc34)[C@H](c3ccc(C(C)C)cc3)N2C1=O. The van der Waals surface area contributed by atoms with Gasteiger partial charge in [0.25, 0.3) is 11.8 Å². The number of fused-ring (bicyclic) bond motifs is 4. The molecule has 2 aliphatic heterocycles. The van der Waals surface area contributed by atoms with Crippen LogP contribution in [0.2, 0.25) is 0 Å². The van der Waals surface area contributed by atoms with E-state index in [0.717, 1.165) is 40.6 Å². The van der Waals surface area contributed by atoms with Crippen molar-refractivity contribution in [2.45, 2.75) is 58.0 Å². The van der Waals surface area contributed by atoms with Gasteiger partial charge in [0.05, 0.1) is 11.3 Å². The summed E-state index contributed by atoms with van der Waals surface area (Å²) in [6, 6.07) is 21.7. The van der Waals surface area contributed by atoms with Gasteiger partial charge in [-0.1, -0.05) is 81.8 Å². The second-order valence-corrected chi connectivity index (χ2v) is 11.0. The number of carbonyl (C=O) groups is 3. The number of unbranched alkanes of at least 4 members (excludes halogenated alkanes) is 1. The van der Waals surface area contributed by atoms with Crippen LogP contribution in [-0.2, 0) is 11.2 Å². The number of hydrogen-bond donors (Lipinski definition) is 2. The normalized spacial score (nSPS) is 18.4. The molecule has 1 saturated heterocycles. The third kappa shape index (κ3) is 4.17. The predicted molar refractivity (Wildman–Crippen MR) is 157 cm³/mol. The van der Waals surface area contributed by atoms with E-state index in [1.54, 1.807) is 29.2 Å². The molecule has 6 rings (SSSR count). The van der Waals surface area contributed by atoms with Gasteiger partial charge >= 0.3 is 6.03 Å². The highest BCUT2D eigenvalue weighted by atomic mass is 16.2. The molecule has 1 fully saturated rings. The number of aromatic amines is 1. The van der Waals surface area contributed by atoms with Crippen molar-refractivity contribution in [3.8, 4) is 0 Å². The minimum Gasteiger partial charge on any atom is -0.356 e. The summed E-state index contributed by atoms with van der Waals surface area (Å²) >= 11 is 0. The van der Waals surface area contributed by atoms with Crippen LogP contribution in [0, 0.1) is 0 Å². The maximum absolute atomic E-state index is 14.3. The molecule has 40 heavy (non-hydrogen) atoms. The third-order valence-corrected chi connectivity index (χ3v) is 8.17. The molecular weight excluding hydrogens is 500 g/mol. The van der Waals surface area contributed by atoms with Crippen molar-refractivity contribution in [3.05, 3.63) is 101 Å². The van der Waals surface area contributed by atoms with E-state index < -0.39 is 18.1 Å². The van der Waals surface area contributed by atoms with Crippen LogP contribution in [0.3, 0.4) is 0 Å². The molecule has 0 spiro atoms. The average molecular weight is 535 g/mol. The number of nitrogens with zero attached hydrogens (tertiary/aromatic N) is 2. The number of rotatable bonds is 7. The monoisotopic (exact) mass is 534 g/mol. The van der Waals surface area contributed by atoms with Gasteiger partial charge in [-0.25, -0.2) is 9.69 Å². The van der Waals surface area contributed by atoms with Gasteiger partial charge < -0.3 is 10.3 Å². The Hall–Kier alpha value is -4.39. The van der Waals surface area contributed by atoms with Crippen molar-refractivity contribution in [2.24, 2.45) is 0 Å². The number of hydrogen-bond acceptors (Lipinski definition) is 3. The number of carbonyl (C=O) groups excluding carboxylic acids is 3.